The largest absolute Gasteiger partial charge is 0.493 e. The van der Waals surface area contributed by atoms with E-state index in [0.717, 1.165) is 0 Å². The monoisotopic (exact) mass is 416 g/mol. The summed E-state index contributed by atoms with van der Waals surface area (Å²) in [5, 5.41) is 0. The minimum Gasteiger partial charge on any atom is -0.493 e. The van der Waals surface area contributed by atoms with Gasteiger partial charge in [-0.05, 0) is 42.8 Å². The molecular weight excluding hydrogens is 391 g/mol. The first kappa shape index (κ1) is 21.4. The molecule has 2 amide bonds. The van der Waals surface area contributed by atoms with Gasteiger partial charge >= 0.3 is 0 Å². The normalized spacial score (nSPS) is 14.1. The van der Waals surface area contributed by atoms with Gasteiger partial charge in [-0.15, -0.1) is 0 Å². The van der Waals surface area contributed by atoms with E-state index in [4.69, 9.17) is 14.2 Å². The molecule has 160 valence electrons. The van der Waals surface area contributed by atoms with Crippen LogP contribution in [-0.2, 0) is 0 Å². The number of carbonyl (C=O) groups is 2. The average molecular weight is 416 g/mol. The molecule has 0 spiro atoms. The van der Waals surface area contributed by atoms with E-state index in [1.807, 2.05) is 0 Å². The first-order valence-corrected chi connectivity index (χ1v) is 9.62. The highest BCUT2D eigenvalue weighted by Crippen LogP contribution is 2.38. The lowest BCUT2D eigenvalue weighted by atomic mass is 10.1. The van der Waals surface area contributed by atoms with Gasteiger partial charge in [-0.25, -0.2) is 4.39 Å². The molecule has 0 unspecified atom stereocenters. The Balaban J connectivity index is 1.74. The van der Waals surface area contributed by atoms with Crippen LogP contribution in [0.15, 0.2) is 36.4 Å². The predicted octanol–water partition coefficient (Wildman–Crippen LogP) is 2.84. The molecule has 1 aliphatic heterocycles. The van der Waals surface area contributed by atoms with Gasteiger partial charge in [-0.1, -0.05) is 0 Å². The third-order valence-corrected chi connectivity index (χ3v) is 5.07. The Morgan fingerprint density at radius 3 is 1.73 bits per heavy atom. The first-order valence-electron chi connectivity index (χ1n) is 9.62. The van der Waals surface area contributed by atoms with Crippen molar-refractivity contribution in [2.45, 2.75) is 6.42 Å². The van der Waals surface area contributed by atoms with Crippen LogP contribution < -0.4 is 14.2 Å². The third kappa shape index (κ3) is 4.48. The fraction of sp³-hybridized carbons (Fsp3) is 0.364. The summed E-state index contributed by atoms with van der Waals surface area (Å²) < 4.78 is 29.1. The zero-order chi connectivity index (χ0) is 21.7. The summed E-state index contributed by atoms with van der Waals surface area (Å²) in [6, 6.07) is 8.73. The highest BCUT2D eigenvalue weighted by Gasteiger charge is 2.25. The van der Waals surface area contributed by atoms with E-state index >= 15 is 0 Å². The minimum atomic E-state index is -0.385. The van der Waals surface area contributed by atoms with Crippen LogP contribution in [0.4, 0.5) is 4.39 Å². The van der Waals surface area contributed by atoms with Gasteiger partial charge in [0.15, 0.2) is 11.5 Å². The quantitative estimate of drug-likeness (QED) is 0.750. The van der Waals surface area contributed by atoms with Gasteiger partial charge in [0.2, 0.25) is 5.75 Å². The summed E-state index contributed by atoms with van der Waals surface area (Å²) in [5.74, 6) is 0.502. The molecule has 1 fully saturated rings. The highest BCUT2D eigenvalue weighted by atomic mass is 19.1. The highest BCUT2D eigenvalue weighted by molar-refractivity contribution is 5.96. The number of halogens is 1. The van der Waals surface area contributed by atoms with Crippen molar-refractivity contribution in [3.8, 4) is 17.2 Å². The van der Waals surface area contributed by atoms with Gasteiger partial charge in [0.25, 0.3) is 11.8 Å². The fourth-order valence-corrected chi connectivity index (χ4v) is 3.49. The number of carbonyl (C=O) groups excluding carboxylic acids is 2. The van der Waals surface area contributed by atoms with E-state index in [2.05, 4.69) is 0 Å². The number of ether oxygens (including phenoxy) is 3. The van der Waals surface area contributed by atoms with E-state index < -0.39 is 0 Å². The minimum absolute atomic E-state index is 0.169. The summed E-state index contributed by atoms with van der Waals surface area (Å²) in [5.41, 5.74) is 0.851. The Morgan fingerprint density at radius 2 is 1.27 bits per heavy atom. The number of hydrogen-bond acceptors (Lipinski definition) is 5. The number of rotatable bonds is 5. The van der Waals surface area contributed by atoms with Crippen LogP contribution >= 0.6 is 0 Å². The molecule has 30 heavy (non-hydrogen) atoms. The number of methoxy groups -OCH3 is 3. The van der Waals surface area contributed by atoms with Crippen molar-refractivity contribution in [3.05, 3.63) is 53.3 Å². The standard InChI is InChI=1S/C22H25FN2O5/c1-28-18-13-16(14-19(29-2)20(18)30-3)22(27)25-10-4-9-24(11-12-25)21(26)15-5-7-17(23)8-6-15/h5-8,13-14H,4,9-12H2,1-3H3. The van der Waals surface area contributed by atoms with Crippen molar-refractivity contribution >= 4 is 11.8 Å². The van der Waals surface area contributed by atoms with Crippen LogP contribution in [0.25, 0.3) is 0 Å². The smallest absolute Gasteiger partial charge is 0.254 e. The van der Waals surface area contributed by atoms with Crippen LogP contribution in [0, 0.1) is 5.82 Å². The third-order valence-electron chi connectivity index (χ3n) is 5.07. The zero-order valence-electron chi connectivity index (χ0n) is 17.3. The lowest BCUT2D eigenvalue weighted by molar-refractivity contribution is 0.0718. The SMILES string of the molecule is COc1cc(C(=O)N2CCCN(C(=O)c3ccc(F)cc3)CC2)cc(OC)c1OC. The molecule has 7 nitrogen and oxygen atoms in total. The predicted molar refractivity (Wildman–Crippen MR) is 109 cm³/mol. The molecule has 0 aliphatic carbocycles. The average Bonchev–Trinajstić information content (AvgIpc) is 3.03. The Labute approximate surface area is 174 Å². The van der Waals surface area contributed by atoms with Crippen LogP contribution in [0.2, 0.25) is 0 Å². The second-order valence-corrected chi connectivity index (χ2v) is 6.86. The number of nitrogens with zero attached hydrogens (tertiary/aromatic N) is 2. The maximum Gasteiger partial charge on any atom is 0.254 e. The van der Waals surface area contributed by atoms with Crippen LogP contribution in [0.5, 0.6) is 17.2 Å². The van der Waals surface area contributed by atoms with Crippen molar-refractivity contribution in [1.29, 1.82) is 0 Å². The van der Waals surface area contributed by atoms with E-state index in [0.29, 0.717) is 61.0 Å². The number of amides is 2. The Kier molecular flexibility index (Phi) is 6.76. The molecule has 1 aliphatic rings. The van der Waals surface area contributed by atoms with Crippen molar-refractivity contribution in [2.24, 2.45) is 0 Å². The molecule has 2 aromatic carbocycles. The number of benzene rings is 2. The number of hydrogen-bond donors (Lipinski definition) is 0. The Hall–Kier alpha value is -3.29. The summed E-state index contributed by atoms with van der Waals surface area (Å²) in [4.78, 5) is 29.2. The molecule has 3 rings (SSSR count). The molecule has 8 heteroatoms. The Morgan fingerprint density at radius 1 is 0.767 bits per heavy atom. The summed E-state index contributed by atoms with van der Waals surface area (Å²) in [6.45, 7) is 1.83. The Bertz CT molecular complexity index is 891. The van der Waals surface area contributed by atoms with Crippen molar-refractivity contribution in [3.63, 3.8) is 0 Å². The van der Waals surface area contributed by atoms with E-state index in [1.54, 1.807) is 21.9 Å². The second-order valence-electron chi connectivity index (χ2n) is 6.86. The summed E-state index contributed by atoms with van der Waals surface area (Å²) >= 11 is 0. The molecule has 0 radical (unpaired) electrons. The topological polar surface area (TPSA) is 68.3 Å². The van der Waals surface area contributed by atoms with Crippen LogP contribution in [-0.4, -0.2) is 69.1 Å². The molecule has 1 saturated heterocycles. The van der Waals surface area contributed by atoms with Gasteiger partial charge < -0.3 is 24.0 Å². The zero-order valence-corrected chi connectivity index (χ0v) is 17.3. The second kappa shape index (κ2) is 9.47. The molecular formula is C22H25FN2O5. The van der Waals surface area contributed by atoms with Gasteiger partial charge in [-0.3, -0.25) is 9.59 Å². The van der Waals surface area contributed by atoms with E-state index in [1.165, 1.54) is 45.6 Å². The first-order chi connectivity index (χ1) is 14.5. The molecule has 0 atom stereocenters. The van der Waals surface area contributed by atoms with E-state index in [-0.39, 0.29) is 17.6 Å². The molecule has 1 heterocycles. The maximum atomic E-state index is 13.1. The molecule has 0 saturated carbocycles. The van der Waals surface area contributed by atoms with E-state index in [9.17, 15) is 14.0 Å². The maximum absolute atomic E-state index is 13.1. The van der Waals surface area contributed by atoms with Gasteiger partial charge in [0.1, 0.15) is 5.82 Å². The van der Waals surface area contributed by atoms with Gasteiger partial charge in [0, 0.05) is 37.3 Å². The van der Waals surface area contributed by atoms with Crippen molar-refractivity contribution in [2.75, 3.05) is 47.5 Å². The lowest BCUT2D eigenvalue weighted by Crippen LogP contribution is -2.37. The molecule has 0 aromatic heterocycles. The molecule has 2 aromatic rings. The van der Waals surface area contributed by atoms with Crippen LogP contribution in [0.3, 0.4) is 0 Å². The summed E-state index contributed by atoms with van der Waals surface area (Å²) in [6.07, 6.45) is 0.642. The molecule has 0 N–H and O–H groups in total. The van der Waals surface area contributed by atoms with Gasteiger partial charge in [-0.2, -0.15) is 0 Å². The molecule has 0 bridgehead atoms. The fourth-order valence-electron chi connectivity index (χ4n) is 3.49. The van der Waals surface area contributed by atoms with Gasteiger partial charge in [0.05, 0.1) is 21.3 Å². The lowest BCUT2D eigenvalue weighted by Gasteiger charge is -2.23. The van der Waals surface area contributed by atoms with Crippen molar-refractivity contribution < 1.29 is 28.2 Å². The van der Waals surface area contributed by atoms with Crippen molar-refractivity contribution in [1.82, 2.24) is 9.80 Å². The summed E-state index contributed by atoms with van der Waals surface area (Å²) in [7, 11) is 4.50. The van der Waals surface area contributed by atoms with Crippen LogP contribution in [0.1, 0.15) is 27.1 Å².